The van der Waals surface area contributed by atoms with Crippen LogP contribution in [0.25, 0.3) is 0 Å². The van der Waals surface area contributed by atoms with E-state index in [9.17, 15) is 4.79 Å². The van der Waals surface area contributed by atoms with E-state index in [4.69, 9.17) is 9.47 Å². The molecule has 0 spiro atoms. The molecular weight excluding hydrogens is 326 g/mol. The third kappa shape index (κ3) is 4.42. The first-order chi connectivity index (χ1) is 12.7. The standard InChI is InChI=1S/C22H21NO3/c1-3-25-21-14-9-17(15-16(21)2)22(24)23-18-10-12-20(13-11-18)26-19-7-5-4-6-8-19/h4-15H,3H2,1-2H3,(H,23,24). The highest BCUT2D eigenvalue weighted by atomic mass is 16.5. The van der Waals surface area contributed by atoms with Crippen molar-refractivity contribution in [3.05, 3.63) is 83.9 Å². The van der Waals surface area contributed by atoms with Crippen LogP contribution in [0.1, 0.15) is 22.8 Å². The van der Waals surface area contributed by atoms with Gasteiger partial charge in [0.25, 0.3) is 5.91 Å². The van der Waals surface area contributed by atoms with Crippen LogP contribution in [-0.2, 0) is 0 Å². The van der Waals surface area contributed by atoms with Crippen LogP contribution in [0.4, 0.5) is 5.69 Å². The van der Waals surface area contributed by atoms with E-state index >= 15 is 0 Å². The fourth-order valence-corrected chi connectivity index (χ4v) is 2.54. The van der Waals surface area contributed by atoms with E-state index in [1.807, 2.05) is 80.6 Å². The number of anilines is 1. The average molecular weight is 347 g/mol. The van der Waals surface area contributed by atoms with Gasteiger partial charge in [-0.15, -0.1) is 0 Å². The molecule has 0 fully saturated rings. The van der Waals surface area contributed by atoms with Crippen LogP contribution < -0.4 is 14.8 Å². The molecular formula is C22H21NO3. The summed E-state index contributed by atoms with van der Waals surface area (Å²) in [7, 11) is 0. The molecule has 1 amide bonds. The number of para-hydroxylation sites is 1. The normalized spacial score (nSPS) is 10.2. The summed E-state index contributed by atoms with van der Waals surface area (Å²) in [5.41, 5.74) is 2.24. The largest absolute Gasteiger partial charge is 0.494 e. The number of nitrogens with one attached hydrogen (secondary N) is 1. The summed E-state index contributed by atoms with van der Waals surface area (Å²) in [6.07, 6.45) is 0. The minimum atomic E-state index is -0.159. The molecule has 0 saturated heterocycles. The summed E-state index contributed by atoms with van der Waals surface area (Å²) in [4.78, 5) is 12.4. The fourth-order valence-electron chi connectivity index (χ4n) is 2.54. The number of benzene rings is 3. The second-order valence-corrected chi connectivity index (χ2v) is 5.81. The Bertz CT molecular complexity index is 874. The molecule has 3 rings (SSSR count). The Morgan fingerprint density at radius 2 is 1.62 bits per heavy atom. The van der Waals surface area contributed by atoms with Crippen LogP contribution in [0, 0.1) is 6.92 Å². The van der Waals surface area contributed by atoms with Gasteiger partial charge in [-0.05, 0) is 74.0 Å². The molecule has 0 aliphatic carbocycles. The molecule has 3 aromatic rings. The van der Waals surface area contributed by atoms with Crippen molar-refractivity contribution < 1.29 is 14.3 Å². The molecule has 1 N–H and O–H groups in total. The number of rotatable bonds is 6. The van der Waals surface area contributed by atoms with Gasteiger partial charge in [-0.2, -0.15) is 0 Å². The zero-order valence-corrected chi connectivity index (χ0v) is 14.9. The third-order valence-corrected chi connectivity index (χ3v) is 3.83. The predicted molar refractivity (Wildman–Crippen MR) is 103 cm³/mol. The maximum atomic E-state index is 12.4. The lowest BCUT2D eigenvalue weighted by Crippen LogP contribution is -2.12. The van der Waals surface area contributed by atoms with Crippen molar-refractivity contribution >= 4 is 11.6 Å². The Labute approximate surface area is 153 Å². The molecule has 0 aliphatic rings. The number of carbonyl (C=O) groups excluding carboxylic acids is 1. The predicted octanol–water partition coefficient (Wildman–Crippen LogP) is 5.44. The van der Waals surface area contributed by atoms with Crippen molar-refractivity contribution in [3.8, 4) is 17.2 Å². The second-order valence-electron chi connectivity index (χ2n) is 5.81. The van der Waals surface area contributed by atoms with Gasteiger partial charge in [-0.1, -0.05) is 18.2 Å². The Hall–Kier alpha value is -3.27. The summed E-state index contributed by atoms with van der Waals surface area (Å²) in [5, 5.41) is 2.89. The van der Waals surface area contributed by atoms with E-state index in [2.05, 4.69) is 5.32 Å². The summed E-state index contributed by atoms with van der Waals surface area (Å²) >= 11 is 0. The molecule has 4 heteroatoms. The van der Waals surface area contributed by atoms with Crippen molar-refractivity contribution in [2.24, 2.45) is 0 Å². The number of aryl methyl sites for hydroxylation is 1. The maximum Gasteiger partial charge on any atom is 0.255 e. The fraction of sp³-hybridized carbons (Fsp3) is 0.136. The molecule has 0 unspecified atom stereocenters. The van der Waals surface area contributed by atoms with E-state index in [-0.39, 0.29) is 5.91 Å². The molecule has 0 atom stereocenters. The minimum absolute atomic E-state index is 0.159. The van der Waals surface area contributed by atoms with Crippen LogP contribution in [0.3, 0.4) is 0 Å². The monoisotopic (exact) mass is 347 g/mol. The Morgan fingerprint density at radius 1 is 0.923 bits per heavy atom. The van der Waals surface area contributed by atoms with Crippen molar-refractivity contribution in [1.29, 1.82) is 0 Å². The van der Waals surface area contributed by atoms with Gasteiger partial charge >= 0.3 is 0 Å². The number of hydrogen-bond donors (Lipinski definition) is 1. The molecule has 132 valence electrons. The van der Waals surface area contributed by atoms with Crippen molar-refractivity contribution in [2.75, 3.05) is 11.9 Å². The molecule has 4 nitrogen and oxygen atoms in total. The molecule has 0 aliphatic heterocycles. The van der Waals surface area contributed by atoms with Crippen LogP contribution in [0.15, 0.2) is 72.8 Å². The highest BCUT2D eigenvalue weighted by molar-refractivity contribution is 6.04. The molecule has 26 heavy (non-hydrogen) atoms. The first kappa shape index (κ1) is 17.5. The lowest BCUT2D eigenvalue weighted by atomic mass is 10.1. The number of amides is 1. The summed E-state index contributed by atoms with van der Waals surface area (Å²) < 4.78 is 11.3. The van der Waals surface area contributed by atoms with Gasteiger partial charge in [0.05, 0.1) is 6.61 Å². The molecule has 0 heterocycles. The van der Waals surface area contributed by atoms with Gasteiger partial charge in [0.1, 0.15) is 17.2 Å². The maximum absolute atomic E-state index is 12.4. The third-order valence-electron chi connectivity index (χ3n) is 3.83. The SMILES string of the molecule is CCOc1ccc(C(=O)Nc2ccc(Oc3ccccc3)cc2)cc1C. The molecule has 0 saturated carbocycles. The van der Waals surface area contributed by atoms with Gasteiger partial charge in [-0.3, -0.25) is 4.79 Å². The second kappa shape index (κ2) is 8.21. The van der Waals surface area contributed by atoms with Gasteiger partial charge in [0.2, 0.25) is 0 Å². The Balaban J connectivity index is 1.65. The van der Waals surface area contributed by atoms with E-state index in [0.29, 0.717) is 23.6 Å². The van der Waals surface area contributed by atoms with Crippen molar-refractivity contribution in [3.63, 3.8) is 0 Å². The Morgan fingerprint density at radius 3 is 2.27 bits per heavy atom. The van der Waals surface area contributed by atoms with E-state index < -0.39 is 0 Å². The van der Waals surface area contributed by atoms with Crippen LogP contribution in [0.5, 0.6) is 17.2 Å². The summed E-state index contributed by atoms with van der Waals surface area (Å²) in [5.74, 6) is 2.12. The summed E-state index contributed by atoms with van der Waals surface area (Å²) in [6.45, 7) is 4.46. The highest BCUT2D eigenvalue weighted by Gasteiger charge is 2.09. The van der Waals surface area contributed by atoms with Crippen molar-refractivity contribution in [2.45, 2.75) is 13.8 Å². The molecule has 0 aromatic heterocycles. The number of hydrogen-bond acceptors (Lipinski definition) is 3. The quantitative estimate of drug-likeness (QED) is 0.646. The first-order valence-corrected chi connectivity index (χ1v) is 8.53. The smallest absolute Gasteiger partial charge is 0.255 e. The van der Waals surface area contributed by atoms with Crippen LogP contribution in [0.2, 0.25) is 0 Å². The van der Waals surface area contributed by atoms with Crippen molar-refractivity contribution in [1.82, 2.24) is 0 Å². The molecule has 0 bridgehead atoms. The van der Waals surface area contributed by atoms with Gasteiger partial charge in [-0.25, -0.2) is 0 Å². The van der Waals surface area contributed by atoms with E-state index in [1.54, 1.807) is 6.07 Å². The lowest BCUT2D eigenvalue weighted by Gasteiger charge is -2.10. The molecule has 3 aromatic carbocycles. The van der Waals surface area contributed by atoms with E-state index in [0.717, 1.165) is 17.1 Å². The zero-order chi connectivity index (χ0) is 18.4. The van der Waals surface area contributed by atoms with Gasteiger partial charge in [0, 0.05) is 11.3 Å². The van der Waals surface area contributed by atoms with E-state index in [1.165, 1.54) is 0 Å². The minimum Gasteiger partial charge on any atom is -0.494 e. The summed E-state index contributed by atoms with van der Waals surface area (Å²) in [6, 6.07) is 22.3. The Kier molecular flexibility index (Phi) is 5.54. The topological polar surface area (TPSA) is 47.6 Å². The van der Waals surface area contributed by atoms with Gasteiger partial charge in [0.15, 0.2) is 0 Å². The first-order valence-electron chi connectivity index (χ1n) is 8.53. The lowest BCUT2D eigenvalue weighted by molar-refractivity contribution is 0.102. The van der Waals surface area contributed by atoms with Crippen LogP contribution >= 0.6 is 0 Å². The van der Waals surface area contributed by atoms with Gasteiger partial charge < -0.3 is 14.8 Å². The average Bonchev–Trinajstić information content (AvgIpc) is 2.66. The zero-order valence-electron chi connectivity index (χ0n) is 14.9. The number of carbonyl (C=O) groups is 1. The highest BCUT2D eigenvalue weighted by Crippen LogP contribution is 2.23. The van der Waals surface area contributed by atoms with Crippen LogP contribution in [-0.4, -0.2) is 12.5 Å². The number of ether oxygens (including phenoxy) is 2. The molecule has 0 radical (unpaired) electrons.